The number of esters is 1. The first-order chi connectivity index (χ1) is 8.11. The van der Waals surface area contributed by atoms with Crippen LogP contribution in [0.15, 0.2) is 10.1 Å². The number of methoxy groups -OCH3 is 1. The number of hydrogen-bond donors (Lipinski definition) is 1. The van der Waals surface area contributed by atoms with Crippen LogP contribution in [-0.2, 0) is 19.0 Å². The molecule has 1 rings (SSSR count). The zero-order valence-electron chi connectivity index (χ0n) is 10.0. The summed E-state index contributed by atoms with van der Waals surface area (Å²) in [5, 5.41) is 3.28. The van der Waals surface area contributed by atoms with Gasteiger partial charge in [0.25, 0.3) is 0 Å². The molecule has 0 spiro atoms. The minimum Gasteiger partial charge on any atom is -0.464 e. The smallest absolute Gasteiger partial charge is 0.360 e. The largest absolute Gasteiger partial charge is 0.464 e. The molecule has 0 radical (unpaired) electrons. The third-order valence-corrected chi connectivity index (χ3v) is 2.34. The first-order valence-electron chi connectivity index (χ1n) is 5.25. The maximum Gasteiger partial charge on any atom is 0.360 e. The molecule has 0 bridgehead atoms. The van der Waals surface area contributed by atoms with Gasteiger partial charge in [-0.1, -0.05) is 0 Å². The van der Waals surface area contributed by atoms with Crippen LogP contribution in [0.2, 0.25) is 0 Å². The molecule has 0 aromatic carbocycles. The van der Waals surface area contributed by atoms with Gasteiger partial charge in [0, 0.05) is 13.0 Å². The second-order valence-corrected chi connectivity index (χ2v) is 3.62. The van der Waals surface area contributed by atoms with E-state index in [2.05, 4.69) is 14.8 Å². The molecule has 0 saturated carbocycles. The monoisotopic (exact) mass is 243 g/mol. The lowest BCUT2D eigenvalue weighted by atomic mass is 10.2. The molecule has 0 atom stereocenters. The van der Waals surface area contributed by atoms with E-state index in [1.807, 2.05) is 6.92 Å². The summed E-state index contributed by atoms with van der Waals surface area (Å²) >= 11 is 0. The standard InChI is InChI=1S/C10H17N3O4/c1-10(16-5-6-17-10)3-4-12-7-8(13-11)9(14)15-2/h7H,3-6,11H2,1-2H3. The summed E-state index contributed by atoms with van der Waals surface area (Å²) in [4.78, 5) is 15.1. The molecular formula is C10H17N3O4. The van der Waals surface area contributed by atoms with E-state index in [4.69, 9.17) is 15.3 Å². The number of aliphatic imine (C=N–C) groups is 1. The summed E-state index contributed by atoms with van der Waals surface area (Å²) in [6.45, 7) is 3.50. The van der Waals surface area contributed by atoms with E-state index >= 15 is 0 Å². The molecule has 0 aromatic rings. The average molecular weight is 243 g/mol. The van der Waals surface area contributed by atoms with Gasteiger partial charge in [0.1, 0.15) is 0 Å². The van der Waals surface area contributed by atoms with Gasteiger partial charge in [-0.3, -0.25) is 4.99 Å². The average Bonchev–Trinajstić information content (AvgIpc) is 2.76. The number of nitrogens with zero attached hydrogens (tertiary/aromatic N) is 2. The van der Waals surface area contributed by atoms with Gasteiger partial charge in [-0.15, -0.1) is 0 Å². The molecule has 1 heterocycles. The van der Waals surface area contributed by atoms with Crippen LogP contribution < -0.4 is 5.84 Å². The highest BCUT2D eigenvalue weighted by Crippen LogP contribution is 2.21. The molecule has 7 nitrogen and oxygen atoms in total. The minimum absolute atomic E-state index is 0.0223. The predicted molar refractivity (Wildman–Crippen MR) is 61.9 cm³/mol. The fourth-order valence-corrected chi connectivity index (χ4v) is 1.36. The number of hydrazone groups is 1. The van der Waals surface area contributed by atoms with Crippen molar-refractivity contribution in [1.29, 1.82) is 0 Å². The van der Waals surface area contributed by atoms with Crippen molar-refractivity contribution in [2.24, 2.45) is 15.9 Å². The van der Waals surface area contributed by atoms with Crippen LogP contribution in [0.1, 0.15) is 13.3 Å². The molecule has 2 N–H and O–H groups in total. The molecule has 0 aromatic heterocycles. The SMILES string of the molecule is COC(=O)C(C=NCCC1(C)OCCO1)=NN. The highest BCUT2D eigenvalue weighted by atomic mass is 16.7. The summed E-state index contributed by atoms with van der Waals surface area (Å²) in [6.07, 6.45) is 1.88. The molecule has 0 aliphatic carbocycles. The first-order valence-corrected chi connectivity index (χ1v) is 5.25. The van der Waals surface area contributed by atoms with Gasteiger partial charge in [-0.2, -0.15) is 5.10 Å². The van der Waals surface area contributed by atoms with Crippen LogP contribution in [0.25, 0.3) is 0 Å². The van der Waals surface area contributed by atoms with E-state index in [1.165, 1.54) is 13.3 Å². The molecule has 0 unspecified atom stereocenters. The van der Waals surface area contributed by atoms with E-state index in [1.54, 1.807) is 0 Å². The maximum atomic E-state index is 11.1. The van der Waals surface area contributed by atoms with Crippen LogP contribution in [0.4, 0.5) is 0 Å². The van der Waals surface area contributed by atoms with Crippen LogP contribution in [-0.4, -0.2) is 50.6 Å². The van der Waals surface area contributed by atoms with Gasteiger partial charge in [-0.05, 0) is 6.92 Å². The summed E-state index contributed by atoms with van der Waals surface area (Å²) < 4.78 is 15.3. The van der Waals surface area contributed by atoms with Crippen LogP contribution in [0, 0.1) is 0 Å². The van der Waals surface area contributed by atoms with Gasteiger partial charge in [0.05, 0.1) is 26.5 Å². The Labute approximate surface area is 99.6 Å². The van der Waals surface area contributed by atoms with Gasteiger partial charge in [0.15, 0.2) is 11.5 Å². The van der Waals surface area contributed by atoms with Crippen molar-refractivity contribution in [2.75, 3.05) is 26.9 Å². The van der Waals surface area contributed by atoms with Crippen LogP contribution in [0.3, 0.4) is 0 Å². The summed E-state index contributed by atoms with van der Waals surface area (Å²) in [7, 11) is 1.25. The van der Waals surface area contributed by atoms with Gasteiger partial charge < -0.3 is 20.1 Å². The van der Waals surface area contributed by atoms with Gasteiger partial charge in [0.2, 0.25) is 0 Å². The number of nitrogens with two attached hydrogens (primary N) is 1. The van der Waals surface area contributed by atoms with E-state index in [9.17, 15) is 4.79 Å². The number of carbonyl (C=O) groups excluding carboxylic acids is 1. The Morgan fingerprint density at radius 2 is 2.18 bits per heavy atom. The second-order valence-electron chi connectivity index (χ2n) is 3.62. The Morgan fingerprint density at radius 3 is 2.71 bits per heavy atom. The molecule has 0 amide bonds. The highest BCUT2D eigenvalue weighted by molar-refractivity contribution is 6.59. The number of ether oxygens (including phenoxy) is 3. The Bertz CT molecular complexity index is 322. The summed E-state index contributed by atoms with van der Waals surface area (Å²) in [6, 6.07) is 0. The lowest BCUT2D eigenvalue weighted by molar-refractivity contribution is -0.144. The zero-order valence-corrected chi connectivity index (χ0v) is 10.0. The topological polar surface area (TPSA) is 95.5 Å². The first kappa shape index (κ1) is 13.6. The normalized spacial score (nSPS) is 19.8. The van der Waals surface area contributed by atoms with E-state index in [0.29, 0.717) is 26.2 Å². The lowest BCUT2D eigenvalue weighted by Gasteiger charge is -2.20. The molecule has 7 heteroatoms. The summed E-state index contributed by atoms with van der Waals surface area (Å²) in [5.74, 6) is 3.83. The second kappa shape index (κ2) is 6.31. The number of rotatable bonds is 5. The van der Waals surface area contributed by atoms with Crippen molar-refractivity contribution in [3.63, 3.8) is 0 Å². The fraction of sp³-hybridized carbons (Fsp3) is 0.700. The quantitative estimate of drug-likeness (QED) is 0.309. The summed E-state index contributed by atoms with van der Waals surface area (Å²) in [5.41, 5.74) is -0.0223. The van der Waals surface area contributed by atoms with Gasteiger partial charge in [-0.25, -0.2) is 4.79 Å². The molecule has 1 aliphatic rings. The van der Waals surface area contributed by atoms with Crippen molar-refractivity contribution in [2.45, 2.75) is 19.1 Å². The van der Waals surface area contributed by atoms with Crippen molar-refractivity contribution in [3.05, 3.63) is 0 Å². The fourth-order valence-electron chi connectivity index (χ4n) is 1.36. The molecule has 1 fully saturated rings. The van der Waals surface area contributed by atoms with E-state index < -0.39 is 11.8 Å². The maximum absolute atomic E-state index is 11.1. The molecule has 96 valence electrons. The highest BCUT2D eigenvalue weighted by Gasteiger charge is 2.29. The lowest BCUT2D eigenvalue weighted by Crippen LogP contribution is -2.26. The van der Waals surface area contributed by atoms with Crippen molar-refractivity contribution < 1.29 is 19.0 Å². The third-order valence-electron chi connectivity index (χ3n) is 2.34. The van der Waals surface area contributed by atoms with Crippen LogP contribution >= 0.6 is 0 Å². The van der Waals surface area contributed by atoms with Crippen molar-refractivity contribution in [1.82, 2.24) is 0 Å². The number of carbonyl (C=O) groups is 1. The minimum atomic E-state index is -0.615. The Balaban J connectivity index is 2.37. The number of hydrogen-bond acceptors (Lipinski definition) is 7. The van der Waals surface area contributed by atoms with Crippen molar-refractivity contribution in [3.8, 4) is 0 Å². The zero-order chi connectivity index (χ0) is 12.7. The molecule has 1 aliphatic heterocycles. The van der Waals surface area contributed by atoms with Crippen molar-refractivity contribution >= 4 is 17.9 Å². The molecule has 17 heavy (non-hydrogen) atoms. The van der Waals surface area contributed by atoms with E-state index in [-0.39, 0.29) is 5.71 Å². The van der Waals surface area contributed by atoms with Crippen LogP contribution in [0.5, 0.6) is 0 Å². The van der Waals surface area contributed by atoms with Gasteiger partial charge >= 0.3 is 5.97 Å². The van der Waals surface area contributed by atoms with E-state index in [0.717, 1.165) is 0 Å². The Hall–Kier alpha value is -1.47. The Kier molecular flexibility index (Phi) is 5.05. The Morgan fingerprint density at radius 1 is 1.53 bits per heavy atom. The third kappa shape index (κ3) is 4.12. The predicted octanol–water partition coefficient (Wildman–Crippen LogP) is -0.302. The molecular weight excluding hydrogens is 226 g/mol. The molecule has 1 saturated heterocycles.